The molecular weight excluding hydrogens is 281 g/mol. The summed E-state index contributed by atoms with van der Waals surface area (Å²) in [6, 6.07) is 7.77. The quantitative estimate of drug-likeness (QED) is 0.873. The van der Waals surface area contributed by atoms with E-state index < -0.39 is 0 Å². The predicted octanol–water partition coefficient (Wildman–Crippen LogP) is 3.88. The van der Waals surface area contributed by atoms with Gasteiger partial charge in [-0.3, -0.25) is 0 Å². The number of halogens is 2. The SMILES string of the molecule is Clc1ccc(CNc2nc(Cl)nc3c2CCC3)cc1. The minimum absolute atomic E-state index is 0.319. The summed E-state index contributed by atoms with van der Waals surface area (Å²) in [5, 5.41) is 4.41. The van der Waals surface area contributed by atoms with Gasteiger partial charge in [0.05, 0.1) is 5.69 Å². The molecule has 1 heterocycles. The number of hydrogen-bond donors (Lipinski definition) is 1. The van der Waals surface area contributed by atoms with Gasteiger partial charge in [0, 0.05) is 17.1 Å². The molecule has 1 aliphatic carbocycles. The van der Waals surface area contributed by atoms with Crippen molar-refractivity contribution < 1.29 is 0 Å². The number of nitrogens with one attached hydrogen (secondary N) is 1. The first-order valence-corrected chi connectivity index (χ1v) is 7.01. The molecule has 5 heteroatoms. The van der Waals surface area contributed by atoms with Gasteiger partial charge in [-0.15, -0.1) is 0 Å². The van der Waals surface area contributed by atoms with Crippen molar-refractivity contribution in [2.75, 3.05) is 5.32 Å². The average Bonchev–Trinajstić information content (AvgIpc) is 2.85. The van der Waals surface area contributed by atoms with Crippen molar-refractivity contribution >= 4 is 29.0 Å². The normalized spacial score (nSPS) is 13.4. The second-order valence-corrected chi connectivity index (χ2v) is 5.37. The van der Waals surface area contributed by atoms with E-state index in [9.17, 15) is 0 Å². The van der Waals surface area contributed by atoms with Gasteiger partial charge in [0.25, 0.3) is 0 Å². The largest absolute Gasteiger partial charge is 0.366 e. The van der Waals surface area contributed by atoms with Crippen molar-refractivity contribution in [1.29, 1.82) is 0 Å². The van der Waals surface area contributed by atoms with E-state index in [-0.39, 0.29) is 0 Å². The molecule has 1 aromatic carbocycles. The second kappa shape index (κ2) is 5.35. The Kier molecular flexibility index (Phi) is 3.58. The summed E-state index contributed by atoms with van der Waals surface area (Å²) in [6.45, 7) is 0.705. The first-order chi connectivity index (χ1) is 9.22. The lowest BCUT2D eigenvalue weighted by atomic mass is 10.2. The van der Waals surface area contributed by atoms with Crippen LogP contribution in [0.4, 0.5) is 5.82 Å². The number of rotatable bonds is 3. The number of anilines is 1. The lowest BCUT2D eigenvalue weighted by molar-refractivity contribution is 0.899. The molecule has 2 aromatic rings. The van der Waals surface area contributed by atoms with E-state index in [0.717, 1.165) is 41.4 Å². The zero-order valence-corrected chi connectivity index (χ0v) is 11.8. The van der Waals surface area contributed by atoms with Crippen molar-refractivity contribution in [1.82, 2.24) is 9.97 Å². The molecule has 0 unspecified atom stereocenters. The van der Waals surface area contributed by atoms with Gasteiger partial charge in [-0.05, 0) is 48.6 Å². The highest BCUT2D eigenvalue weighted by molar-refractivity contribution is 6.30. The van der Waals surface area contributed by atoms with Crippen molar-refractivity contribution in [3.05, 3.63) is 51.4 Å². The number of aryl methyl sites for hydroxylation is 1. The van der Waals surface area contributed by atoms with Gasteiger partial charge in [0.2, 0.25) is 5.28 Å². The Balaban J connectivity index is 1.78. The van der Waals surface area contributed by atoms with E-state index in [0.29, 0.717) is 11.8 Å². The van der Waals surface area contributed by atoms with Crippen LogP contribution in [0.25, 0.3) is 0 Å². The minimum Gasteiger partial charge on any atom is -0.366 e. The molecule has 0 spiro atoms. The predicted molar refractivity (Wildman–Crippen MR) is 77.8 cm³/mol. The highest BCUT2D eigenvalue weighted by atomic mass is 35.5. The maximum absolute atomic E-state index is 5.95. The number of benzene rings is 1. The van der Waals surface area contributed by atoms with Crippen LogP contribution >= 0.6 is 23.2 Å². The Morgan fingerprint density at radius 3 is 2.63 bits per heavy atom. The van der Waals surface area contributed by atoms with E-state index in [1.54, 1.807) is 0 Å². The molecule has 0 saturated heterocycles. The molecule has 0 bridgehead atoms. The van der Waals surface area contributed by atoms with Crippen molar-refractivity contribution in [2.24, 2.45) is 0 Å². The number of fused-ring (bicyclic) bond motifs is 1. The average molecular weight is 294 g/mol. The van der Waals surface area contributed by atoms with Gasteiger partial charge in [-0.1, -0.05) is 23.7 Å². The Labute approximate surface area is 122 Å². The monoisotopic (exact) mass is 293 g/mol. The molecule has 1 aromatic heterocycles. The summed E-state index contributed by atoms with van der Waals surface area (Å²) in [5.41, 5.74) is 3.45. The van der Waals surface area contributed by atoms with Gasteiger partial charge in [-0.25, -0.2) is 9.97 Å². The number of nitrogens with zero attached hydrogens (tertiary/aromatic N) is 2. The van der Waals surface area contributed by atoms with Crippen LogP contribution in [-0.4, -0.2) is 9.97 Å². The fourth-order valence-corrected chi connectivity index (χ4v) is 2.65. The molecule has 19 heavy (non-hydrogen) atoms. The Morgan fingerprint density at radius 2 is 1.84 bits per heavy atom. The summed E-state index contributed by atoms with van der Waals surface area (Å²) in [5.74, 6) is 0.863. The van der Waals surface area contributed by atoms with Gasteiger partial charge in [0.1, 0.15) is 5.82 Å². The molecule has 0 saturated carbocycles. The lowest BCUT2D eigenvalue weighted by Gasteiger charge is -2.10. The standard InChI is InChI=1S/C14H13Cl2N3/c15-10-6-4-9(5-7-10)8-17-13-11-2-1-3-12(11)18-14(16)19-13/h4-7H,1-3,8H2,(H,17,18,19). The number of aromatic nitrogens is 2. The lowest BCUT2D eigenvalue weighted by Crippen LogP contribution is -2.06. The third-order valence-corrected chi connectivity index (χ3v) is 3.70. The second-order valence-electron chi connectivity index (χ2n) is 4.60. The van der Waals surface area contributed by atoms with E-state index in [4.69, 9.17) is 23.2 Å². The van der Waals surface area contributed by atoms with Crippen LogP contribution in [-0.2, 0) is 19.4 Å². The highest BCUT2D eigenvalue weighted by Crippen LogP contribution is 2.27. The van der Waals surface area contributed by atoms with E-state index in [1.165, 1.54) is 5.56 Å². The van der Waals surface area contributed by atoms with Crippen LogP contribution in [0, 0.1) is 0 Å². The molecule has 0 fully saturated rings. The third kappa shape index (κ3) is 2.82. The van der Waals surface area contributed by atoms with Gasteiger partial charge < -0.3 is 5.32 Å². The smallest absolute Gasteiger partial charge is 0.224 e. The Morgan fingerprint density at radius 1 is 1.05 bits per heavy atom. The molecule has 0 radical (unpaired) electrons. The summed E-state index contributed by atoms with van der Waals surface area (Å²) in [4.78, 5) is 8.57. The molecule has 0 amide bonds. The molecule has 1 N–H and O–H groups in total. The van der Waals surface area contributed by atoms with E-state index >= 15 is 0 Å². The molecule has 3 nitrogen and oxygen atoms in total. The summed E-state index contributed by atoms with van der Waals surface area (Å²) in [6.07, 6.45) is 3.14. The maximum atomic E-state index is 5.95. The van der Waals surface area contributed by atoms with E-state index in [1.807, 2.05) is 24.3 Å². The van der Waals surface area contributed by atoms with Crippen molar-refractivity contribution in [3.8, 4) is 0 Å². The number of hydrogen-bond acceptors (Lipinski definition) is 3. The summed E-state index contributed by atoms with van der Waals surface area (Å²) in [7, 11) is 0. The third-order valence-electron chi connectivity index (χ3n) is 3.28. The molecular formula is C14H13Cl2N3. The maximum Gasteiger partial charge on any atom is 0.224 e. The first kappa shape index (κ1) is 12.7. The van der Waals surface area contributed by atoms with Crippen LogP contribution in [0.1, 0.15) is 23.2 Å². The molecule has 0 aliphatic heterocycles. The van der Waals surface area contributed by atoms with Gasteiger partial charge in [0.15, 0.2) is 0 Å². The van der Waals surface area contributed by atoms with E-state index in [2.05, 4.69) is 15.3 Å². The minimum atomic E-state index is 0.319. The highest BCUT2D eigenvalue weighted by Gasteiger charge is 2.18. The topological polar surface area (TPSA) is 37.8 Å². The molecule has 98 valence electrons. The first-order valence-electron chi connectivity index (χ1n) is 6.26. The van der Waals surface area contributed by atoms with Gasteiger partial charge >= 0.3 is 0 Å². The molecule has 1 aliphatic rings. The van der Waals surface area contributed by atoms with Gasteiger partial charge in [-0.2, -0.15) is 0 Å². The van der Waals surface area contributed by atoms with Crippen LogP contribution in [0.2, 0.25) is 10.3 Å². The van der Waals surface area contributed by atoms with Crippen LogP contribution in [0.15, 0.2) is 24.3 Å². The fourth-order valence-electron chi connectivity index (χ4n) is 2.34. The summed E-state index contributed by atoms with van der Waals surface area (Å²) >= 11 is 11.8. The zero-order valence-electron chi connectivity index (χ0n) is 10.3. The van der Waals surface area contributed by atoms with Crippen LogP contribution in [0.5, 0.6) is 0 Å². The molecule has 3 rings (SSSR count). The Hall–Kier alpha value is -1.32. The fraction of sp³-hybridized carbons (Fsp3) is 0.286. The van der Waals surface area contributed by atoms with Crippen molar-refractivity contribution in [2.45, 2.75) is 25.8 Å². The molecule has 0 atom stereocenters. The van der Waals surface area contributed by atoms with Crippen molar-refractivity contribution in [3.63, 3.8) is 0 Å². The van der Waals surface area contributed by atoms with Crippen LogP contribution in [0.3, 0.4) is 0 Å². The van der Waals surface area contributed by atoms with Crippen LogP contribution < -0.4 is 5.32 Å². The summed E-state index contributed by atoms with van der Waals surface area (Å²) < 4.78 is 0. The Bertz CT molecular complexity index is 596. The zero-order chi connectivity index (χ0) is 13.2.